The van der Waals surface area contributed by atoms with Crippen molar-refractivity contribution in [3.63, 3.8) is 0 Å². The number of aliphatic carboxylic acids is 1. The lowest BCUT2D eigenvalue weighted by Crippen LogP contribution is -2.19. The number of carbonyl (C=O) groups is 1. The van der Waals surface area contributed by atoms with Gasteiger partial charge in [-0.2, -0.15) is 0 Å². The molecule has 21 heavy (non-hydrogen) atoms. The summed E-state index contributed by atoms with van der Waals surface area (Å²) in [4.78, 5) is 35.2. The van der Waals surface area contributed by atoms with Crippen LogP contribution in [0.4, 0.5) is 0 Å². The highest BCUT2D eigenvalue weighted by molar-refractivity contribution is 7.46. The smallest absolute Gasteiger partial charge is 0.469 e. The zero-order valence-corrected chi connectivity index (χ0v) is 11.8. The van der Waals surface area contributed by atoms with Crippen LogP contribution in [0.15, 0.2) is 11.2 Å². The molecule has 0 radical (unpaired) electrons. The number of aryl methyl sites for hydroxylation is 1. The molecule has 1 aromatic rings. The normalized spacial score (nSPS) is 12.4. The van der Waals surface area contributed by atoms with Gasteiger partial charge in [0.15, 0.2) is 0 Å². The zero-order chi connectivity index (χ0) is 16.2. The highest BCUT2D eigenvalue weighted by Gasteiger charge is 2.20. The Bertz CT molecular complexity index is 625. The highest BCUT2D eigenvalue weighted by atomic mass is 31.2. The summed E-state index contributed by atoms with van der Waals surface area (Å²) in [6.45, 7) is 0.270. The lowest BCUT2D eigenvalue weighted by atomic mass is 10.1. The van der Waals surface area contributed by atoms with Gasteiger partial charge in [-0.15, -0.1) is 0 Å². The van der Waals surface area contributed by atoms with Gasteiger partial charge in [0, 0.05) is 11.8 Å². The molecule has 0 amide bonds. The van der Waals surface area contributed by atoms with E-state index >= 15 is 0 Å². The van der Waals surface area contributed by atoms with Crippen molar-refractivity contribution < 1.29 is 33.9 Å². The molecule has 116 valence electrons. The number of amidine groups is 1. The highest BCUT2D eigenvalue weighted by Crippen LogP contribution is 2.37. The van der Waals surface area contributed by atoms with E-state index in [1.807, 2.05) is 0 Å². The molecule has 0 aliphatic carbocycles. The predicted molar refractivity (Wildman–Crippen MR) is 70.7 cm³/mol. The minimum atomic E-state index is -4.72. The van der Waals surface area contributed by atoms with Gasteiger partial charge in [0.1, 0.15) is 18.1 Å². The van der Waals surface area contributed by atoms with E-state index in [-0.39, 0.29) is 28.4 Å². The van der Waals surface area contributed by atoms with Crippen molar-refractivity contribution in [1.29, 1.82) is 0 Å². The maximum Gasteiger partial charge on any atom is 0.469 e. The van der Waals surface area contributed by atoms with Crippen molar-refractivity contribution in [3.8, 4) is 5.75 Å². The molecular weight excluding hydrogens is 305 g/mol. The first-order valence-electron chi connectivity index (χ1n) is 5.51. The zero-order valence-electron chi connectivity index (χ0n) is 10.9. The number of hydrogen-bond acceptors (Lipinski definition) is 6. The average molecular weight is 319 g/mol. The van der Waals surface area contributed by atoms with Crippen molar-refractivity contribution >= 4 is 19.6 Å². The van der Waals surface area contributed by atoms with Gasteiger partial charge in [0.05, 0.1) is 17.9 Å². The number of aliphatic imine (C=N–C) groups is 1. The molecule has 6 N–H and O–H groups in total. The largest absolute Gasteiger partial charge is 0.505 e. The van der Waals surface area contributed by atoms with Gasteiger partial charge < -0.3 is 25.7 Å². The molecule has 0 atom stereocenters. The van der Waals surface area contributed by atoms with Gasteiger partial charge in [-0.05, 0) is 6.92 Å². The molecule has 0 spiro atoms. The minimum Gasteiger partial charge on any atom is -0.505 e. The molecule has 0 aliphatic rings. The van der Waals surface area contributed by atoms with Crippen LogP contribution in [0.25, 0.3) is 0 Å². The fourth-order valence-electron chi connectivity index (χ4n) is 1.41. The van der Waals surface area contributed by atoms with E-state index in [4.69, 9.17) is 20.6 Å². The Labute approximate surface area is 119 Å². The van der Waals surface area contributed by atoms with E-state index in [9.17, 15) is 14.5 Å². The Balaban J connectivity index is 3.20. The number of nitrogens with zero attached hydrogens (tertiary/aromatic N) is 2. The predicted octanol–water partition coefficient (Wildman–Crippen LogP) is -0.505. The molecule has 11 heteroatoms. The van der Waals surface area contributed by atoms with Gasteiger partial charge in [-0.1, -0.05) is 0 Å². The van der Waals surface area contributed by atoms with Crippen molar-refractivity contribution in [2.24, 2.45) is 10.7 Å². The van der Waals surface area contributed by atoms with Crippen LogP contribution in [-0.4, -0.2) is 43.3 Å². The van der Waals surface area contributed by atoms with Crippen molar-refractivity contribution in [1.82, 2.24) is 4.98 Å². The Morgan fingerprint density at radius 3 is 2.67 bits per heavy atom. The number of pyridine rings is 1. The summed E-state index contributed by atoms with van der Waals surface area (Å²) in [5, 5.41) is 18.5. The van der Waals surface area contributed by atoms with E-state index in [1.165, 1.54) is 13.1 Å². The lowest BCUT2D eigenvalue weighted by molar-refractivity contribution is -0.135. The first-order chi connectivity index (χ1) is 9.61. The van der Waals surface area contributed by atoms with Crippen LogP contribution >= 0.6 is 7.82 Å². The Morgan fingerprint density at radius 1 is 1.52 bits per heavy atom. The van der Waals surface area contributed by atoms with Crippen LogP contribution in [0.1, 0.15) is 16.8 Å². The summed E-state index contributed by atoms with van der Waals surface area (Å²) in [6.07, 6.45) is 1.20. The quantitative estimate of drug-likeness (QED) is 0.262. The second-order valence-corrected chi connectivity index (χ2v) is 5.19. The maximum atomic E-state index is 10.7. The molecule has 1 rings (SSSR count). The van der Waals surface area contributed by atoms with E-state index in [2.05, 4.69) is 14.5 Å². The van der Waals surface area contributed by atoms with Crippen molar-refractivity contribution in [2.45, 2.75) is 13.5 Å². The second-order valence-electron chi connectivity index (χ2n) is 3.95. The molecule has 0 unspecified atom stereocenters. The third-order valence-corrected chi connectivity index (χ3v) is 2.81. The first-order valence-corrected chi connectivity index (χ1v) is 7.04. The summed E-state index contributed by atoms with van der Waals surface area (Å²) in [5.74, 6) is -1.89. The van der Waals surface area contributed by atoms with Gasteiger partial charge in [0.25, 0.3) is 0 Å². The molecule has 0 aliphatic heterocycles. The van der Waals surface area contributed by atoms with Crippen LogP contribution in [0, 0.1) is 6.92 Å². The summed E-state index contributed by atoms with van der Waals surface area (Å²) in [6, 6.07) is 0. The number of phosphoric acid groups is 1. The molecule has 10 nitrogen and oxygen atoms in total. The molecule has 0 aromatic carbocycles. The molecule has 0 saturated heterocycles. The van der Waals surface area contributed by atoms with Gasteiger partial charge in [0.2, 0.25) is 0 Å². The number of phosphoric ester groups is 1. The Hall–Kier alpha value is -2.00. The van der Waals surface area contributed by atoms with Crippen LogP contribution in [0.2, 0.25) is 0 Å². The fraction of sp³-hybridized carbons (Fsp3) is 0.300. The number of carboxylic acid groups (broad SMARTS) is 1. The van der Waals surface area contributed by atoms with Gasteiger partial charge in [-0.25, -0.2) is 4.57 Å². The SMILES string of the molecule is Cc1ncc(COP(=O)(O)O)c(C(N)=NCC(=O)O)c1O. The number of nitrogens with two attached hydrogens (primary N) is 1. The van der Waals surface area contributed by atoms with Crippen LogP contribution in [0.5, 0.6) is 5.75 Å². The standard InChI is InChI=1S/C10H14N3O7P/c1-5-9(16)8(10(11)13-3-7(14)15)6(2-12-5)4-20-21(17,18)19/h2,16H,3-4H2,1H3,(H2,11,13)(H,14,15)(H2,17,18,19). The number of carboxylic acids is 1. The molecule has 1 aromatic heterocycles. The van der Waals surface area contributed by atoms with E-state index in [0.717, 1.165) is 0 Å². The Morgan fingerprint density at radius 2 is 2.14 bits per heavy atom. The van der Waals surface area contributed by atoms with Crippen LogP contribution in [-0.2, 0) is 20.5 Å². The second kappa shape index (κ2) is 6.64. The summed E-state index contributed by atoms with van der Waals surface area (Å²) >= 11 is 0. The third-order valence-electron chi connectivity index (χ3n) is 2.34. The molecule has 0 fully saturated rings. The molecule has 0 bridgehead atoms. The van der Waals surface area contributed by atoms with Crippen molar-refractivity contribution in [3.05, 3.63) is 23.0 Å². The molecule has 1 heterocycles. The third kappa shape index (κ3) is 5.12. The van der Waals surface area contributed by atoms with E-state index in [0.29, 0.717) is 0 Å². The maximum absolute atomic E-state index is 10.7. The number of rotatable bonds is 6. The summed E-state index contributed by atoms with van der Waals surface area (Å²) in [7, 11) is -4.72. The fourth-order valence-corrected chi connectivity index (χ4v) is 1.72. The van der Waals surface area contributed by atoms with Crippen molar-refractivity contribution in [2.75, 3.05) is 6.54 Å². The van der Waals surface area contributed by atoms with Crippen LogP contribution < -0.4 is 5.73 Å². The monoisotopic (exact) mass is 319 g/mol. The average Bonchev–Trinajstić information content (AvgIpc) is 2.36. The van der Waals surface area contributed by atoms with Gasteiger partial charge in [-0.3, -0.25) is 19.3 Å². The van der Waals surface area contributed by atoms with Gasteiger partial charge >= 0.3 is 13.8 Å². The molecular formula is C10H14N3O7P. The molecule has 0 saturated carbocycles. The lowest BCUT2D eigenvalue weighted by Gasteiger charge is -2.13. The summed E-state index contributed by atoms with van der Waals surface area (Å²) in [5.41, 5.74) is 5.79. The minimum absolute atomic E-state index is 0.0630. The number of aromatic nitrogens is 1. The van der Waals surface area contributed by atoms with E-state index < -0.39 is 26.9 Å². The summed E-state index contributed by atoms with van der Waals surface area (Å²) < 4.78 is 15.0. The number of hydrogen-bond donors (Lipinski definition) is 5. The van der Waals surface area contributed by atoms with E-state index in [1.54, 1.807) is 0 Å². The topological polar surface area (TPSA) is 176 Å². The van der Waals surface area contributed by atoms with Crippen LogP contribution in [0.3, 0.4) is 0 Å². The first kappa shape index (κ1) is 17.1. The number of aromatic hydroxyl groups is 1. The Kier molecular flexibility index (Phi) is 5.39.